The van der Waals surface area contributed by atoms with E-state index in [0.717, 1.165) is 30.3 Å². The lowest BCUT2D eigenvalue weighted by Crippen LogP contribution is -2.17. The van der Waals surface area contributed by atoms with Crippen LogP contribution in [0.5, 0.6) is 5.75 Å². The van der Waals surface area contributed by atoms with Crippen LogP contribution < -0.4 is 4.74 Å². The molecule has 0 radical (unpaired) electrons. The minimum atomic E-state index is -0.721. The molecular weight excluding hydrogens is 296 g/mol. The van der Waals surface area contributed by atoms with Crippen LogP contribution in [-0.2, 0) is 4.79 Å². The Morgan fingerprint density at radius 1 is 1.22 bits per heavy atom. The van der Waals surface area contributed by atoms with Gasteiger partial charge in [0, 0.05) is 5.33 Å². The molecule has 100 valence electrons. The highest BCUT2D eigenvalue weighted by atomic mass is 79.9. The Hall–Kier alpha value is -1.03. The van der Waals surface area contributed by atoms with E-state index in [9.17, 15) is 4.79 Å². The first-order chi connectivity index (χ1) is 8.74. The molecule has 18 heavy (non-hydrogen) atoms. The van der Waals surface area contributed by atoms with Crippen LogP contribution in [-0.4, -0.2) is 23.0 Å². The fourth-order valence-corrected chi connectivity index (χ4v) is 2.11. The fourth-order valence-electron chi connectivity index (χ4n) is 1.71. The molecule has 0 aliphatic rings. The highest BCUT2D eigenvalue weighted by Gasteiger charge is 2.16. The molecule has 0 spiro atoms. The molecule has 3 nitrogen and oxygen atoms in total. The number of carboxylic acid groups (broad SMARTS) is 1. The van der Waals surface area contributed by atoms with E-state index >= 15 is 0 Å². The molecule has 0 saturated heterocycles. The first kappa shape index (κ1) is 15.0. The predicted molar refractivity (Wildman–Crippen MR) is 75.3 cm³/mol. The van der Waals surface area contributed by atoms with Gasteiger partial charge in [-0.1, -0.05) is 40.5 Å². The molecule has 1 aromatic carbocycles. The second-order valence-electron chi connectivity index (χ2n) is 4.17. The second-order valence-corrected chi connectivity index (χ2v) is 4.96. The third-order valence-corrected chi connectivity index (χ3v) is 3.32. The third kappa shape index (κ3) is 6.05. The Balaban J connectivity index is 2.27. The van der Waals surface area contributed by atoms with Gasteiger partial charge in [-0.3, -0.25) is 4.79 Å². The number of halogens is 1. The predicted octanol–water partition coefficient (Wildman–Crippen LogP) is 3.72. The average Bonchev–Trinajstić information content (AvgIpc) is 2.38. The van der Waals surface area contributed by atoms with Gasteiger partial charge in [-0.25, -0.2) is 0 Å². The summed E-state index contributed by atoms with van der Waals surface area (Å²) in [5.41, 5.74) is 0. The molecule has 0 aromatic heterocycles. The summed E-state index contributed by atoms with van der Waals surface area (Å²) >= 11 is 3.35. The number of ether oxygens (including phenoxy) is 1. The summed E-state index contributed by atoms with van der Waals surface area (Å²) in [6.07, 6.45) is 3.24. The van der Waals surface area contributed by atoms with E-state index in [0.29, 0.717) is 13.0 Å². The van der Waals surface area contributed by atoms with E-state index < -0.39 is 5.97 Å². The van der Waals surface area contributed by atoms with Crippen LogP contribution in [0.3, 0.4) is 0 Å². The number of carboxylic acids is 1. The van der Waals surface area contributed by atoms with Gasteiger partial charge in [0.1, 0.15) is 5.75 Å². The van der Waals surface area contributed by atoms with Crippen LogP contribution in [0.1, 0.15) is 25.7 Å². The van der Waals surface area contributed by atoms with Gasteiger partial charge in [-0.2, -0.15) is 0 Å². The number of hydrogen-bond acceptors (Lipinski definition) is 2. The van der Waals surface area contributed by atoms with Crippen molar-refractivity contribution in [3.63, 3.8) is 0 Å². The molecule has 0 saturated carbocycles. The molecule has 0 amide bonds. The minimum Gasteiger partial charge on any atom is -0.494 e. The van der Waals surface area contributed by atoms with Crippen LogP contribution in [0.4, 0.5) is 0 Å². The van der Waals surface area contributed by atoms with Crippen molar-refractivity contribution >= 4 is 21.9 Å². The Kier molecular flexibility index (Phi) is 7.49. The van der Waals surface area contributed by atoms with Crippen molar-refractivity contribution in [2.24, 2.45) is 5.92 Å². The average molecular weight is 315 g/mol. The first-order valence-electron chi connectivity index (χ1n) is 6.20. The number of alkyl halides is 1. The van der Waals surface area contributed by atoms with Gasteiger partial charge in [0.25, 0.3) is 0 Å². The maximum atomic E-state index is 11.1. The third-order valence-electron chi connectivity index (χ3n) is 2.76. The second kappa shape index (κ2) is 8.97. The van der Waals surface area contributed by atoms with Gasteiger partial charge in [0.15, 0.2) is 0 Å². The summed E-state index contributed by atoms with van der Waals surface area (Å²) in [6, 6.07) is 9.48. The van der Waals surface area contributed by atoms with Gasteiger partial charge in [-0.15, -0.1) is 0 Å². The number of unbranched alkanes of at least 4 members (excludes halogenated alkanes) is 1. The van der Waals surface area contributed by atoms with Crippen LogP contribution in [0.25, 0.3) is 0 Å². The molecular formula is C14H19BrO3. The van der Waals surface area contributed by atoms with Crippen LogP contribution >= 0.6 is 15.9 Å². The van der Waals surface area contributed by atoms with Crippen molar-refractivity contribution in [3.05, 3.63) is 30.3 Å². The summed E-state index contributed by atoms with van der Waals surface area (Å²) in [6.45, 7) is 0.454. The lowest BCUT2D eigenvalue weighted by atomic mass is 9.99. The monoisotopic (exact) mass is 314 g/mol. The maximum Gasteiger partial charge on any atom is 0.306 e. The molecule has 1 atom stereocenters. The summed E-state index contributed by atoms with van der Waals surface area (Å²) in [5, 5.41) is 10.0. The minimum absolute atomic E-state index is 0.298. The standard InChI is InChI=1S/C14H19BrO3/c15-10-5-4-6-12(14(16)17)9-11-18-13-7-2-1-3-8-13/h1-3,7-8,12H,4-6,9-11H2,(H,16,17). The molecule has 0 aliphatic heterocycles. The SMILES string of the molecule is O=C(O)C(CCCCBr)CCOc1ccccc1. The van der Waals surface area contributed by atoms with Crippen LogP contribution in [0, 0.1) is 5.92 Å². The molecule has 1 unspecified atom stereocenters. The highest BCUT2D eigenvalue weighted by Crippen LogP contribution is 2.15. The summed E-state index contributed by atoms with van der Waals surface area (Å²) in [7, 11) is 0. The van der Waals surface area contributed by atoms with Crippen molar-refractivity contribution < 1.29 is 14.6 Å². The fraction of sp³-hybridized carbons (Fsp3) is 0.500. The van der Waals surface area contributed by atoms with Crippen molar-refractivity contribution in [1.29, 1.82) is 0 Å². The molecule has 1 aromatic rings. The summed E-state index contributed by atoms with van der Waals surface area (Å²) in [5.74, 6) is -0.226. The molecule has 1 rings (SSSR count). The Bertz CT molecular complexity index is 340. The maximum absolute atomic E-state index is 11.1. The quantitative estimate of drug-likeness (QED) is 0.558. The van der Waals surface area contributed by atoms with E-state index in [1.54, 1.807) is 0 Å². The zero-order valence-electron chi connectivity index (χ0n) is 10.3. The number of aliphatic carboxylic acids is 1. The van der Waals surface area contributed by atoms with Crippen molar-refractivity contribution in [2.75, 3.05) is 11.9 Å². The van der Waals surface area contributed by atoms with Gasteiger partial charge >= 0.3 is 5.97 Å². The Morgan fingerprint density at radius 2 is 1.94 bits per heavy atom. The molecule has 4 heteroatoms. The molecule has 0 fully saturated rings. The normalized spacial score (nSPS) is 12.1. The van der Waals surface area contributed by atoms with Gasteiger partial charge in [-0.05, 0) is 31.4 Å². The number of carbonyl (C=O) groups is 1. The Morgan fingerprint density at radius 3 is 2.56 bits per heavy atom. The smallest absolute Gasteiger partial charge is 0.306 e. The van der Waals surface area contributed by atoms with Crippen molar-refractivity contribution in [3.8, 4) is 5.75 Å². The zero-order chi connectivity index (χ0) is 13.2. The number of benzene rings is 1. The molecule has 0 bridgehead atoms. The lowest BCUT2D eigenvalue weighted by molar-refractivity contribution is -0.142. The lowest BCUT2D eigenvalue weighted by Gasteiger charge is -2.12. The van der Waals surface area contributed by atoms with E-state index in [4.69, 9.17) is 9.84 Å². The van der Waals surface area contributed by atoms with E-state index in [2.05, 4.69) is 15.9 Å². The summed E-state index contributed by atoms with van der Waals surface area (Å²) in [4.78, 5) is 11.1. The highest BCUT2D eigenvalue weighted by molar-refractivity contribution is 9.09. The zero-order valence-corrected chi connectivity index (χ0v) is 11.9. The van der Waals surface area contributed by atoms with E-state index in [1.165, 1.54) is 0 Å². The van der Waals surface area contributed by atoms with Gasteiger partial charge in [0.05, 0.1) is 12.5 Å². The Labute approximate surface area is 116 Å². The van der Waals surface area contributed by atoms with Crippen LogP contribution in [0.2, 0.25) is 0 Å². The number of hydrogen-bond donors (Lipinski definition) is 1. The van der Waals surface area contributed by atoms with Gasteiger partial charge in [0.2, 0.25) is 0 Å². The largest absolute Gasteiger partial charge is 0.494 e. The van der Waals surface area contributed by atoms with Gasteiger partial charge < -0.3 is 9.84 Å². The van der Waals surface area contributed by atoms with Crippen LogP contribution in [0.15, 0.2) is 30.3 Å². The van der Waals surface area contributed by atoms with E-state index in [1.807, 2.05) is 30.3 Å². The molecule has 0 heterocycles. The topological polar surface area (TPSA) is 46.5 Å². The van der Waals surface area contributed by atoms with Crippen molar-refractivity contribution in [2.45, 2.75) is 25.7 Å². The van der Waals surface area contributed by atoms with Crippen molar-refractivity contribution in [1.82, 2.24) is 0 Å². The first-order valence-corrected chi connectivity index (χ1v) is 7.33. The molecule has 0 aliphatic carbocycles. The summed E-state index contributed by atoms with van der Waals surface area (Å²) < 4.78 is 5.52. The number of rotatable bonds is 9. The molecule has 1 N–H and O–H groups in total. The number of para-hydroxylation sites is 1. The van der Waals surface area contributed by atoms with E-state index in [-0.39, 0.29) is 5.92 Å².